The predicted molar refractivity (Wildman–Crippen MR) is 63.8 cm³/mol. The van der Waals surface area contributed by atoms with E-state index in [2.05, 4.69) is 11.9 Å². The number of imidazole rings is 1. The van der Waals surface area contributed by atoms with E-state index in [4.69, 9.17) is 23.2 Å². The van der Waals surface area contributed by atoms with E-state index >= 15 is 0 Å². The van der Waals surface area contributed by atoms with Gasteiger partial charge in [-0.05, 0) is 18.6 Å². The second kappa shape index (κ2) is 4.42. The van der Waals surface area contributed by atoms with Gasteiger partial charge in [-0.3, -0.25) is 0 Å². The number of halogens is 2. The molecule has 0 saturated heterocycles. The van der Waals surface area contributed by atoms with Crippen LogP contribution in [0.15, 0.2) is 18.3 Å². The summed E-state index contributed by atoms with van der Waals surface area (Å²) in [7, 11) is 0. The van der Waals surface area contributed by atoms with Gasteiger partial charge in [-0.2, -0.15) is 0 Å². The highest BCUT2D eigenvalue weighted by molar-refractivity contribution is 6.30. The van der Waals surface area contributed by atoms with Crippen LogP contribution in [0.25, 0.3) is 5.65 Å². The standard InChI is InChI=1S/C11H12Cl2N2/c1-2-3-10-9(6-12)14-11-5-4-8(13)7-15(10)11/h4-5,7H,2-3,6H2,1H3. The fourth-order valence-electron chi connectivity index (χ4n) is 1.72. The van der Waals surface area contributed by atoms with Crippen LogP contribution in [0.4, 0.5) is 0 Å². The van der Waals surface area contributed by atoms with E-state index in [-0.39, 0.29) is 0 Å². The third-order valence-electron chi connectivity index (χ3n) is 2.38. The monoisotopic (exact) mass is 242 g/mol. The van der Waals surface area contributed by atoms with Crippen LogP contribution in [-0.4, -0.2) is 9.38 Å². The first-order valence-electron chi connectivity index (χ1n) is 4.97. The van der Waals surface area contributed by atoms with Crippen LogP contribution in [-0.2, 0) is 12.3 Å². The zero-order valence-corrected chi connectivity index (χ0v) is 10.0. The maximum absolute atomic E-state index is 5.96. The smallest absolute Gasteiger partial charge is 0.137 e. The SMILES string of the molecule is CCCc1c(CCl)nc2ccc(Cl)cn12. The molecule has 0 aliphatic heterocycles. The second-order valence-electron chi connectivity index (χ2n) is 3.46. The quantitative estimate of drug-likeness (QED) is 0.751. The van der Waals surface area contributed by atoms with Crippen molar-refractivity contribution in [3.05, 3.63) is 34.7 Å². The van der Waals surface area contributed by atoms with Crippen molar-refractivity contribution in [3.8, 4) is 0 Å². The molecule has 2 aromatic rings. The van der Waals surface area contributed by atoms with Crippen LogP contribution in [0.5, 0.6) is 0 Å². The van der Waals surface area contributed by atoms with Gasteiger partial charge in [0.25, 0.3) is 0 Å². The van der Waals surface area contributed by atoms with Crippen molar-refractivity contribution in [1.82, 2.24) is 9.38 Å². The Labute approximate surface area is 98.8 Å². The number of fused-ring (bicyclic) bond motifs is 1. The van der Waals surface area contributed by atoms with Gasteiger partial charge in [0.15, 0.2) is 0 Å². The van der Waals surface area contributed by atoms with Gasteiger partial charge in [-0.1, -0.05) is 24.9 Å². The molecule has 2 nitrogen and oxygen atoms in total. The van der Waals surface area contributed by atoms with E-state index in [1.54, 1.807) is 0 Å². The molecule has 80 valence electrons. The third-order valence-corrected chi connectivity index (χ3v) is 2.85. The molecule has 15 heavy (non-hydrogen) atoms. The average Bonchev–Trinajstić information content (AvgIpc) is 2.57. The van der Waals surface area contributed by atoms with Crippen LogP contribution in [0.2, 0.25) is 5.02 Å². The van der Waals surface area contributed by atoms with Crippen LogP contribution in [0.1, 0.15) is 24.7 Å². The van der Waals surface area contributed by atoms with Crippen molar-refractivity contribution in [2.75, 3.05) is 0 Å². The number of alkyl halides is 1. The Bertz CT molecular complexity index is 477. The topological polar surface area (TPSA) is 17.3 Å². The molecule has 0 N–H and O–H groups in total. The Morgan fingerprint density at radius 1 is 1.40 bits per heavy atom. The summed E-state index contributed by atoms with van der Waals surface area (Å²) >= 11 is 11.8. The summed E-state index contributed by atoms with van der Waals surface area (Å²) in [4.78, 5) is 4.46. The maximum Gasteiger partial charge on any atom is 0.137 e. The molecule has 0 bridgehead atoms. The first-order valence-corrected chi connectivity index (χ1v) is 5.88. The van der Waals surface area contributed by atoms with Crippen LogP contribution < -0.4 is 0 Å². The third kappa shape index (κ3) is 1.97. The molecule has 0 unspecified atom stereocenters. The highest BCUT2D eigenvalue weighted by atomic mass is 35.5. The minimum atomic E-state index is 0.453. The number of pyridine rings is 1. The molecule has 0 amide bonds. The van der Waals surface area contributed by atoms with Crippen LogP contribution >= 0.6 is 23.2 Å². The molecule has 2 aromatic heterocycles. The van der Waals surface area contributed by atoms with Gasteiger partial charge in [-0.25, -0.2) is 4.98 Å². The minimum absolute atomic E-state index is 0.453. The molecule has 0 radical (unpaired) electrons. The number of hydrogen-bond acceptors (Lipinski definition) is 1. The zero-order chi connectivity index (χ0) is 10.8. The summed E-state index contributed by atoms with van der Waals surface area (Å²) < 4.78 is 2.03. The molecule has 0 fully saturated rings. The summed E-state index contributed by atoms with van der Waals surface area (Å²) in [5.41, 5.74) is 3.05. The van der Waals surface area contributed by atoms with Gasteiger partial charge in [0.2, 0.25) is 0 Å². The van der Waals surface area contributed by atoms with Gasteiger partial charge in [0.1, 0.15) is 5.65 Å². The summed E-state index contributed by atoms with van der Waals surface area (Å²) in [5, 5.41) is 0.721. The van der Waals surface area contributed by atoms with E-state index in [1.165, 1.54) is 5.69 Å². The largest absolute Gasteiger partial charge is 0.302 e. The Morgan fingerprint density at radius 2 is 2.20 bits per heavy atom. The van der Waals surface area contributed by atoms with Gasteiger partial charge < -0.3 is 4.40 Å². The molecule has 4 heteroatoms. The fourth-order valence-corrected chi connectivity index (χ4v) is 2.10. The second-order valence-corrected chi connectivity index (χ2v) is 4.17. The van der Waals surface area contributed by atoms with E-state index in [1.807, 2.05) is 22.7 Å². The van der Waals surface area contributed by atoms with Crippen molar-refractivity contribution < 1.29 is 0 Å². The Kier molecular flexibility index (Phi) is 3.17. The zero-order valence-electron chi connectivity index (χ0n) is 8.50. The highest BCUT2D eigenvalue weighted by Gasteiger charge is 2.10. The summed E-state index contributed by atoms with van der Waals surface area (Å²) in [6, 6.07) is 3.76. The predicted octanol–water partition coefficient (Wildman–Crippen LogP) is 3.68. The van der Waals surface area contributed by atoms with Gasteiger partial charge in [-0.15, -0.1) is 11.6 Å². The van der Waals surface area contributed by atoms with E-state index in [0.29, 0.717) is 5.88 Å². The van der Waals surface area contributed by atoms with Crippen molar-refractivity contribution >= 4 is 28.8 Å². The minimum Gasteiger partial charge on any atom is -0.302 e. The lowest BCUT2D eigenvalue weighted by molar-refractivity contribution is 0.856. The molecule has 0 saturated carbocycles. The Hall–Kier alpha value is -0.730. The first kappa shape index (κ1) is 10.8. The number of rotatable bonds is 3. The van der Waals surface area contributed by atoms with Crippen molar-refractivity contribution in [3.63, 3.8) is 0 Å². The first-order chi connectivity index (χ1) is 7.26. The van der Waals surface area contributed by atoms with Gasteiger partial charge in [0, 0.05) is 11.9 Å². The molecule has 0 atom stereocenters. The Morgan fingerprint density at radius 3 is 2.87 bits per heavy atom. The van der Waals surface area contributed by atoms with Gasteiger partial charge in [0.05, 0.1) is 16.6 Å². The molecule has 0 aromatic carbocycles. The maximum atomic E-state index is 5.96. The lowest BCUT2D eigenvalue weighted by Gasteiger charge is -2.01. The van der Waals surface area contributed by atoms with Crippen molar-refractivity contribution in [2.24, 2.45) is 0 Å². The van der Waals surface area contributed by atoms with Crippen LogP contribution in [0.3, 0.4) is 0 Å². The molecule has 2 heterocycles. The van der Waals surface area contributed by atoms with Crippen molar-refractivity contribution in [1.29, 1.82) is 0 Å². The molecule has 2 rings (SSSR count). The lowest BCUT2D eigenvalue weighted by atomic mass is 10.2. The van der Waals surface area contributed by atoms with E-state index < -0.39 is 0 Å². The molecular formula is C11H12Cl2N2. The summed E-state index contributed by atoms with van der Waals surface area (Å²) in [6.45, 7) is 2.14. The normalized spacial score (nSPS) is 11.1. The number of hydrogen-bond donors (Lipinski definition) is 0. The fraction of sp³-hybridized carbons (Fsp3) is 0.364. The molecule has 0 aliphatic rings. The lowest BCUT2D eigenvalue weighted by Crippen LogP contribution is -1.94. The molecular weight excluding hydrogens is 231 g/mol. The van der Waals surface area contributed by atoms with E-state index in [9.17, 15) is 0 Å². The summed E-state index contributed by atoms with van der Waals surface area (Å²) in [5.74, 6) is 0.453. The van der Waals surface area contributed by atoms with Gasteiger partial charge >= 0.3 is 0 Å². The Balaban J connectivity index is 2.65. The summed E-state index contributed by atoms with van der Waals surface area (Å²) in [6.07, 6.45) is 3.94. The van der Waals surface area contributed by atoms with Crippen molar-refractivity contribution in [2.45, 2.75) is 25.6 Å². The number of aryl methyl sites for hydroxylation is 1. The van der Waals surface area contributed by atoms with E-state index in [0.717, 1.165) is 29.2 Å². The van der Waals surface area contributed by atoms with Crippen LogP contribution in [0, 0.1) is 0 Å². The number of aromatic nitrogens is 2. The average molecular weight is 243 g/mol. The molecule has 0 spiro atoms. The molecule has 0 aliphatic carbocycles. The number of nitrogens with zero attached hydrogens (tertiary/aromatic N) is 2. The highest BCUT2D eigenvalue weighted by Crippen LogP contribution is 2.19.